The predicted octanol–water partition coefficient (Wildman–Crippen LogP) is 2.42. The minimum absolute atomic E-state index is 0.219. The molecule has 3 rings (SSSR count). The summed E-state index contributed by atoms with van der Waals surface area (Å²) in [7, 11) is 0. The third-order valence-electron chi connectivity index (χ3n) is 3.23. The smallest absolute Gasteiger partial charge is 0.277 e. The van der Waals surface area contributed by atoms with Gasteiger partial charge in [0.25, 0.3) is 17.3 Å². The first-order valence-corrected chi connectivity index (χ1v) is 6.56. The summed E-state index contributed by atoms with van der Waals surface area (Å²) in [5, 5.41) is 31.9. The summed E-state index contributed by atoms with van der Waals surface area (Å²) in [4.78, 5) is 36.4. The Morgan fingerprint density at radius 2 is 1.79 bits per heavy atom. The van der Waals surface area contributed by atoms with Crippen molar-refractivity contribution in [2.45, 2.75) is 6.17 Å². The van der Waals surface area contributed by atoms with Crippen LogP contribution in [-0.4, -0.2) is 20.7 Å². The van der Waals surface area contributed by atoms with Gasteiger partial charge >= 0.3 is 0 Å². The molecule has 0 bridgehead atoms. The Morgan fingerprint density at radius 3 is 2.42 bits per heavy atom. The number of nitrogens with zero attached hydrogens (tertiary/aromatic N) is 5. The fourth-order valence-electron chi connectivity index (χ4n) is 2.13. The van der Waals surface area contributed by atoms with E-state index in [0.29, 0.717) is 11.4 Å². The molecule has 1 aliphatic rings. The molecule has 120 valence electrons. The third kappa shape index (κ3) is 2.77. The minimum atomic E-state index is -0.807. The molecule has 11 nitrogen and oxygen atoms in total. The summed E-state index contributed by atoms with van der Waals surface area (Å²) < 4.78 is 0. The summed E-state index contributed by atoms with van der Waals surface area (Å²) in [6.07, 6.45) is 0.714. The molecule has 2 aromatic rings. The number of pyridine rings is 1. The number of hydrogen-bond donors (Lipinski definition) is 1. The summed E-state index contributed by atoms with van der Waals surface area (Å²) in [6, 6.07) is 6.01. The molecule has 0 saturated carbocycles. The molecule has 0 saturated heterocycles. The van der Waals surface area contributed by atoms with E-state index < -0.39 is 33.3 Å². The molecule has 0 fully saturated rings. The molecule has 1 aromatic carbocycles. The van der Waals surface area contributed by atoms with Gasteiger partial charge in [0.15, 0.2) is 12.0 Å². The number of amides is 1. The molecule has 0 unspecified atom stereocenters. The Balaban J connectivity index is 1.89. The third-order valence-corrected chi connectivity index (χ3v) is 3.23. The molecule has 2 heterocycles. The molecule has 0 spiro atoms. The fraction of sp³-hybridized carbons (Fsp3) is 0.0769. The number of benzene rings is 1. The van der Waals surface area contributed by atoms with Crippen LogP contribution < -0.4 is 5.32 Å². The van der Waals surface area contributed by atoms with Gasteiger partial charge in [-0.2, -0.15) is 5.11 Å². The summed E-state index contributed by atoms with van der Waals surface area (Å²) >= 11 is 0. The molecular formula is C13H8N6O5. The lowest BCUT2D eigenvalue weighted by atomic mass is 10.1. The highest BCUT2D eigenvalue weighted by molar-refractivity contribution is 5.96. The second-order valence-electron chi connectivity index (χ2n) is 4.76. The highest BCUT2D eigenvalue weighted by atomic mass is 16.6. The number of nitro benzene ring substituents is 2. The van der Waals surface area contributed by atoms with E-state index in [0.717, 1.165) is 18.2 Å². The molecular weight excluding hydrogens is 320 g/mol. The minimum Gasteiger partial charge on any atom is -0.325 e. The van der Waals surface area contributed by atoms with Crippen molar-refractivity contribution in [3.05, 3.63) is 67.9 Å². The molecule has 1 atom stereocenters. The van der Waals surface area contributed by atoms with Gasteiger partial charge in [-0.15, -0.1) is 5.11 Å². The van der Waals surface area contributed by atoms with Gasteiger partial charge in [0, 0.05) is 23.9 Å². The zero-order valence-corrected chi connectivity index (χ0v) is 11.8. The normalized spacial score (nSPS) is 14.9. The Morgan fingerprint density at radius 1 is 1.12 bits per heavy atom. The van der Waals surface area contributed by atoms with E-state index in [1.54, 1.807) is 12.1 Å². The molecule has 1 N–H and O–H groups in total. The van der Waals surface area contributed by atoms with Crippen molar-refractivity contribution >= 4 is 23.1 Å². The largest absolute Gasteiger partial charge is 0.325 e. The first-order chi connectivity index (χ1) is 11.5. The van der Waals surface area contributed by atoms with Crippen LogP contribution in [0.15, 0.2) is 46.8 Å². The SMILES string of the molecule is O=C(N[C@H]1N=Nc2ncccc21)c1cc([N+](=O)[O-])cc([N+](=O)[O-])c1. The zero-order valence-electron chi connectivity index (χ0n) is 11.8. The highest BCUT2D eigenvalue weighted by Crippen LogP contribution is 2.32. The lowest BCUT2D eigenvalue weighted by molar-refractivity contribution is -0.394. The number of carbonyl (C=O) groups excluding carboxylic acids is 1. The van der Waals surface area contributed by atoms with Gasteiger partial charge in [-0.1, -0.05) is 0 Å². The Kier molecular flexibility index (Phi) is 3.66. The monoisotopic (exact) mass is 328 g/mol. The van der Waals surface area contributed by atoms with Gasteiger partial charge in [0.2, 0.25) is 0 Å². The van der Waals surface area contributed by atoms with Crippen LogP contribution in [0.5, 0.6) is 0 Å². The van der Waals surface area contributed by atoms with E-state index in [4.69, 9.17) is 0 Å². The average molecular weight is 328 g/mol. The summed E-state index contributed by atoms with van der Waals surface area (Å²) in [6.45, 7) is 0. The number of azo groups is 1. The molecule has 0 aliphatic carbocycles. The second kappa shape index (κ2) is 5.79. The predicted molar refractivity (Wildman–Crippen MR) is 78.7 cm³/mol. The van der Waals surface area contributed by atoms with Crippen LogP contribution in [-0.2, 0) is 0 Å². The average Bonchev–Trinajstić information content (AvgIpc) is 2.97. The van der Waals surface area contributed by atoms with Crippen LogP contribution in [0.1, 0.15) is 22.1 Å². The Hall–Kier alpha value is -3.76. The standard InChI is InChI=1S/C13H8N6O5/c20-13(15-12-10-2-1-3-14-11(10)16-17-12)7-4-8(18(21)22)6-9(5-7)19(23)24/h1-6,12H,(H,15,20)/t12-/m0/s1. The van der Waals surface area contributed by atoms with Crippen molar-refractivity contribution in [1.29, 1.82) is 0 Å². The van der Waals surface area contributed by atoms with Crippen LogP contribution >= 0.6 is 0 Å². The van der Waals surface area contributed by atoms with Gasteiger partial charge in [0.05, 0.1) is 21.5 Å². The maximum atomic E-state index is 12.3. The van der Waals surface area contributed by atoms with Crippen molar-refractivity contribution in [3.8, 4) is 0 Å². The van der Waals surface area contributed by atoms with Gasteiger partial charge in [0.1, 0.15) is 0 Å². The van der Waals surface area contributed by atoms with Crippen molar-refractivity contribution < 1.29 is 14.6 Å². The van der Waals surface area contributed by atoms with Crippen molar-refractivity contribution in [1.82, 2.24) is 10.3 Å². The van der Waals surface area contributed by atoms with E-state index in [1.165, 1.54) is 6.20 Å². The number of hydrogen-bond acceptors (Lipinski definition) is 8. The van der Waals surface area contributed by atoms with Gasteiger partial charge < -0.3 is 5.32 Å². The molecule has 0 radical (unpaired) electrons. The number of fused-ring (bicyclic) bond motifs is 1. The van der Waals surface area contributed by atoms with E-state index in [1.807, 2.05) is 0 Å². The summed E-state index contributed by atoms with van der Waals surface area (Å²) in [5.41, 5.74) is -0.761. The quantitative estimate of drug-likeness (QED) is 0.671. The summed E-state index contributed by atoms with van der Waals surface area (Å²) in [5.74, 6) is -0.393. The zero-order chi connectivity index (χ0) is 17.3. The fourth-order valence-corrected chi connectivity index (χ4v) is 2.13. The van der Waals surface area contributed by atoms with Crippen LogP contribution in [0.25, 0.3) is 0 Å². The van der Waals surface area contributed by atoms with Crippen LogP contribution in [0.4, 0.5) is 17.2 Å². The number of non-ortho nitro benzene ring substituents is 2. The first kappa shape index (κ1) is 15.1. The van der Waals surface area contributed by atoms with E-state index in [9.17, 15) is 25.0 Å². The molecule has 1 amide bonds. The Labute approximate surface area is 133 Å². The number of aromatic nitrogens is 1. The van der Waals surface area contributed by atoms with Crippen molar-refractivity contribution in [2.75, 3.05) is 0 Å². The van der Waals surface area contributed by atoms with Crippen molar-refractivity contribution in [3.63, 3.8) is 0 Å². The molecule has 11 heteroatoms. The van der Waals surface area contributed by atoms with E-state index in [2.05, 4.69) is 20.5 Å². The van der Waals surface area contributed by atoms with E-state index >= 15 is 0 Å². The number of nitrogens with one attached hydrogen (secondary N) is 1. The van der Waals surface area contributed by atoms with Crippen LogP contribution in [0.3, 0.4) is 0 Å². The second-order valence-corrected chi connectivity index (χ2v) is 4.76. The topological polar surface area (TPSA) is 153 Å². The Bertz CT molecular complexity index is 864. The van der Waals surface area contributed by atoms with Crippen molar-refractivity contribution in [2.24, 2.45) is 10.2 Å². The van der Waals surface area contributed by atoms with Gasteiger partial charge in [-0.05, 0) is 12.1 Å². The number of nitro groups is 2. The molecule has 24 heavy (non-hydrogen) atoms. The number of rotatable bonds is 4. The lowest BCUT2D eigenvalue weighted by Crippen LogP contribution is -2.26. The maximum absolute atomic E-state index is 12.3. The van der Waals surface area contributed by atoms with Crippen LogP contribution in [0.2, 0.25) is 0 Å². The first-order valence-electron chi connectivity index (χ1n) is 6.56. The lowest BCUT2D eigenvalue weighted by Gasteiger charge is -2.10. The molecule has 1 aromatic heterocycles. The van der Waals surface area contributed by atoms with Gasteiger partial charge in [-0.25, -0.2) is 4.98 Å². The van der Waals surface area contributed by atoms with E-state index in [-0.39, 0.29) is 5.56 Å². The van der Waals surface area contributed by atoms with Crippen LogP contribution in [0, 0.1) is 20.2 Å². The maximum Gasteiger partial charge on any atom is 0.277 e. The molecule has 1 aliphatic heterocycles. The van der Waals surface area contributed by atoms with Gasteiger partial charge in [-0.3, -0.25) is 25.0 Å². The number of carbonyl (C=O) groups is 1. The highest BCUT2D eigenvalue weighted by Gasteiger charge is 2.25.